The lowest BCUT2D eigenvalue weighted by Crippen LogP contribution is -2.16. The summed E-state index contributed by atoms with van der Waals surface area (Å²) in [6, 6.07) is 11.3. The summed E-state index contributed by atoms with van der Waals surface area (Å²) in [5.74, 6) is 0. The predicted octanol–water partition coefficient (Wildman–Crippen LogP) is 2.01. The van der Waals surface area contributed by atoms with E-state index < -0.39 is 0 Å². The van der Waals surface area contributed by atoms with Crippen LogP contribution in [0.3, 0.4) is 0 Å². The number of benzene rings is 1. The molecule has 0 bridgehead atoms. The van der Waals surface area contributed by atoms with Crippen molar-refractivity contribution in [3.05, 3.63) is 30.3 Å². The molecule has 2 unspecified atom stereocenters. The summed E-state index contributed by atoms with van der Waals surface area (Å²) < 4.78 is 0. The molecule has 12 heavy (non-hydrogen) atoms. The van der Waals surface area contributed by atoms with Gasteiger partial charge in [-0.2, -0.15) is 5.11 Å². The summed E-state index contributed by atoms with van der Waals surface area (Å²) in [6.45, 7) is 0. The van der Waals surface area contributed by atoms with Crippen LogP contribution in [0.25, 0.3) is 0 Å². The molecule has 1 saturated carbocycles. The number of rotatable bonds is 1. The molecule has 3 rings (SSSR count). The van der Waals surface area contributed by atoms with Crippen LogP contribution < -0.4 is 5.01 Å². The van der Waals surface area contributed by atoms with Crippen LogP contribution in [0.2, 0.25) is 0 Å². The average molecular weight is 159 g/mol. The maximum atomic E-state index is 4.12. The molecule has 0 aromatic heterocycles. The molecule has 2 aliphatic rings. The lowest BCUT2D eigenvalue weighted by molar-refractivity contribution is 0.852. The second kappa shape index (κ2) is 2.06. The Morgan fingerprint density at radius 2 is 2.08 bits per heavy atom. The number of hydrogen-bond acceptors (Lipinski definition) is 3. The van der Waals surface area contributed by atoms with Gasteiger partial charge in [0.05, 0.1) is 17.8 Å². The lowest BCUT2D eigenvalue weighted by Gasteiger charge is -2.12. The minimum atomic E-state index is 0.491. The fourth-order valence-corrected chi connectivity index (χ4v) is 1.57. The first-order chi connectivity index (χ1) is 5.95. The Bertz CT molecular complexity index is 320. The van der Waals surface area contributed by atoms with Crippen molar-refractivity contribution < 1.29 is 0 Å². The molecule has 0 radical (unpaired) electrons. The molecule has 0 amide bonds. The standard InChI is InChI=1S/C9H9N3/c1-2-4-7(5-3-1)12-9-6-8(9)10-11-12/h1-5,8-9H,6H2. The molecule has 2 atom stereocenters. The van der Waals surface area contributed by atoms with Gasteiger partial charge in [-0.15, -0.1) is 0 Å². The third-order valence-corrected chi connectivity index (χ3v) is 2.36. The van der Waals surface area contributed by atoms with E-state index in [1.165, 1.54) is 6.42 Å². The molecule has 1 aromatic carbocycles. The van der Waals surface area contributed by atoms with Gasteiger partial charge in [0, 0.05) is 0 Å². The molecular formula is C9H9N3. The smallest absolute Gasteiger partial charge is 0.0976 e. The minimum absolute atomic E-state index is 0.491. The van der Waals surface area contributed by atoms with Gasteiger partial charge in [-0.25, -0.2) is 5.01 Å². The molecule has 1 fully saturated rings. The second-order valence-electron chi connectivity index (χ2n) is 3.26. The summed E-state index contributed by atoms with van der Waals surface area (Å²) in [6.07, 6.45) is 1.18. The van der Waals surface area contributed by atoms with Gasteiger partial charge in [-0.1, -0.05) is 23.4 Å². The van der Waals surface area contributed by atoms with Gasteiger partial charge in [0.2, 0.25) is 0 Å². The Kier molecular flexibility index (Phi) is 1.06. The molecule has 60 valence electrons. The van der Waals surface area contributed by atoms with E-state index in [9.17, 15) is 0 Å². The van der Waals surface area contributed by atoms with Crippen molar-refractivity contribution in [2.24, 2.45) is 10.3 Å². The summed E-state index contributed by atoms with van der Waals surface area (Å²) >= 11 is 0. The first kappa shape index (κ1) is 6.17. The van der Waals surface area contributed by atoms with Gasteiger partial charge in [0.25, 0.3) is 0 Å². The number of fused-ring (bicyclic) bond motifs is 1. The van der Waals surface area contributed by atoms with Crippen LogP contribution >= 0.6 is 0 Å². The van der Waals surface area contributed by atoms with E-state index in [1.807, 2.05) is 23.2 Å². The van der Waals surface area contributed by atoms with E-state index in [-0.39, 0.29) is 0 Å². The molecule has 3 nitrogen and oxygen atoms in total. The van der Waals surface area contributed by atoms with Gasteiger partial charge in [0.15, 0.2) is 0 Å². The normalized spacial score (nSPS) is 30.5. The van der Waals surface area contributed by atoms with E-state index in [1.54, 1.807) is 0 Å². The van der Waals surface area contributed by atoms with Crippen molar-refractivity contribution in [1.82, 2.24) is 0 Å². The topological polar surface area (TPSA) is 28.0 Å². The number of anilines is 1. The van der Waals surface area contributed by atoms with E-state index in [2.05, 4.69) is 22.5 Å². The van der Waals surface area contributed by atoms with Gasteiger partial charge in [-0.3, -0.25) is 0 Å². The third kappa shape index (κ3) is 0.763. The van der Waals surface area contributed by atoms with Crippen LogP contribution in [0, 0.1) is 0 Å². The molecule has 0 saturated heterocycles. The Morgan fingerprint density at radius 1 is 1.25 bits per heavy atom. The molecule has 3 heteroatoms. The van der Waals surface area contributed by atoms with Crippen molar-refractivity contribution in [3.8, 4) is 0 Å². The Labute approximate surface area is 70.7 Å². The zero-order valence-corrected chi connectivity index (χ0v) is 6.59. The third-order valence-electron chi connectivity index (χ3n) is 2.36. The summed E-state index contributed by atoms with van der Waals surface area (Å²) in [7, 11) is 0. The van der Waals surface area contributed by atoms with Crippen LogP contribution in [-0.4, -0.2) is 12.1 Å². The quantitative estimate of drug-likeness (QED) is 0.616. The largest absolute Gasteiger partial charge is 0.242 e. The fourth-order valence-electron chi connectivity index (χ4n) is 1.57. The monoisotopic (exact) mass is 159 g/mol. The van der Waals surface area contributed by atoms with Crippen LogP contribution in [-0.2, 0) is 0 Å². The summed E-state index contributed by atoms with van der Waals surface area (Å²) in [5.41, 5.74) is 1.16. The minimum Gasteiger partial charge on any atom is -0.242 e. The Hall–Kier alpha value is -1.38. The zero-order valence-electron chi connectivity index (χ0n) is 6.59. The highest BCUT2D eigenvalue weighted by atomic mass is 15.6. The highest BCUT2D eigenvalue weighted by Crippen LogP contribution is 2.40. The summed E-state index contributed by atoms with van der Waals surface area (Å²) in [4.78, 5) is 0. The van der Waals surface area contributed by atoms with Crippen LogP contribution in [0.5, 0.6) is 0 Å². The highest BCUT2D eigenvalue weighted by molar-refractivity contribution is 5.49. The van der Waals surface area contributed by atoms with Crippen LogP contribution in [0.1, 0.15) is 6.42 Å². The van der Waals surface area contributed by atoms with Crippen molar-refractivity contribution in [2.45, 2.75) is 18.5 Å². The molecule has 0 N–H and O–H groups in total. The van der Waals surface area contributed by atoms with Gasteiger partial charge < -0.3 is 0 Å². The van der Waals surface area contributed by atoms with Gasteiger partial charge in [0.1, 0.15) is 0 Å². The summed E-state index contributed by atoms with van der Waals surface area (Å²) in [5, 5.41) is 10.2. The SMILES string of the molecule is c1ccc(N2N=NC3CC32)cc1. The molecule has 1 aromatic rings. The average Bonchev–Trinajstić information content (AvgIpc) is 2.80. The molecule has 1 aliphatic carbocycles. The Morgan fingerprint density at radius 3 is 2.67 bits per heavy atom. The first-order valence-corrected chi connectivity index (χ1v) is 4.20. The van der Waals surface area contributed by atoms with Gasteiger partial charge in [-0.05, 0) is 18.6 Å². The fraction of sp³-hybridized carbons (Fsp3) is 0.333. The zero-order chi connectivity index (χ0) is 7.97. The molecule has 0 spiro atoms. The first-order valence-electron chi connectivity index (χ1n) is 4.20. The highest BCUT2D eigenvalue weighted by Gasteiger charge is 2.47. The van der Waals surface area contributed by atoms with Crippen molar-refractivity contribution in [3.63, 3.8) is 0 Å². The van der Waals surface area contributed by atoms with Crippen molar-refractivity contribution in [1.29, 1.82) is 0 Å². The number of para-hydroxylation sites is 1. The number of nitrogens with zero attached hydrogens (tertiary/aromatic N) is 3. The molecule has 1 aliphatic heterocycles. The number of hydrogen-bond donors (Lipinski definition) is 0. The van der Waals surface area contributed by atoms with E-state index in [0.717, 1.165) is 5.69 Å². The lowest BCUT2D eigenvalue weighted by atomic mass is 10.3. The van der Waals surface area contributed by atoms with E-state index in [0.29, 0.717) is 12.1 Å². The second-order valence-corrected chi connectivity index (χ2v) is 3.26. The van der Waals surface area contributed by atoms with Crippen LogP contribution in [0.15, 0.2) is 40.7 Å². The predicted molar refractivity (Wildman–Crippen MR) is 46.0 cm³/mol. The van der Waals surface area contributed by atoms with Crippen molar-refractivity contribution in [2.75, 3.05) is 5.01 Å². The Balaban J connectivity index is 1.95. The maximum Gasteiger partial charge on any atom is 0.0976 e. The maximum absolute atomic E-state index is 4.12. The molecular weight excluding hydrogens is 150 g/mol. The molecule has 1 heterocycles. The van der Waals surface area contributed by atoms with Gasteiger partial charge >= 0.3 is 0 Å². The van der Waals surface area contributed by atoms with Crippen LogP contribution in [0.4, 0.5) is 5.69 Å². The van der Waals surface area contributed by atoms with E-state index in [4.69, 9.17) is 0 Å². The van der Waals surface area contributed by atoms with Crippen molar-refractivity contribution >= 4 is 5.69 Å². The van der Waals surface area contributed by atoms with E-state index >= 15 is 0 Å².